The molecule has 0 N–H and O–H groups in total. The maximum atomic E-state index is 5.97. The number of hydrogen-bond donors (Lipinski definition) is 0. The second-order valence-corrected chi connectivity index (χ2v) is 5.29. The predicted octanol–water partition coefficient (Wildman–Crippen LogP) is 3.12. The first-order valence-electron chi connectivity index (χ1n) is 7.46. The second-order valence-electron chi connectivity index (χ2n) is 5.29. The molecule has 1 aliphatic heterocycles. The Bertz CT molecular complexity index is 628. The molecule has 0 fully saturated rings. The fraction of sp³-hybridized carbons (Fsp3) is 0.412. The van der Waals surface area contributed by atoms with Gasteiger partial charge in [-0.3, -0.25) is 0 Å². The van der Waals surface area contributed by atoms with Crippen LogP contribution in [0, 0.1) is 6.92 Å². The van der Waals surface area contributed by atoms with Crippen LogP contribution < -0.4 is 9.47 Å². The average Bonchev–Trinajstić information content (AvgIpc) is 2.52. The van der Waals surface area contributed by atoms with Gasteiger partial charge in [0, 0.05) is 11.4 Å². The molecule has 110 valence electrons. The summed E-state index contributed by atoms with van der Waals surface area (Å²) in [5, 5.41) is 0. The van der Waals surface area contributed by atoms with Gasteiger partial charge >= 0.3 is 0 Å². The van der Waals surface area contributed by atoms with Gasteiger partial charge in [-0.15, -0.1) is 0 Å². The molecule has 0 unspecified atom stereocenters. The van der Waals surface area contributed by atoms with E-state index in [1.807, 2.05) is 31.2 Å². The molecule has 2 aromatic rings. The molecule has 0 amide bonds. The van der Waals surface area contributed by atoms with E-state index >= 15 is 0 Å². The van der Waals surface area contributed by atoms with Crippen molar-refractivity contribution in [2.45, 2.75) is 39.2 Å². The van der Waals surface area contributed by atoms with E-state index in [0.717, 1.165) is 48.0 Å². The van der Waals surface area contributed by atoms with Crippen LogP contribution in [0.15, 0.2) is 30.3 Å². The maximum Gasteiger partial charge on any atom is 0.161 e. The van der Waals surface area contributed by atoms with Gasteiger partial charge in [-0.1, -0.05) is 19.1 Å². The van der Waals surface area contributed by atoms with Gasteiger partial charge in [-0.05, 0) is 44.4 Å². The Kier molecular flexibility index (Phi) is 4.04. The third kappa shape index (κ3) is 3.32. The van der Waals surface area contributed by atoms with E-state index in [4.69, 9.17) is 9.47 Å². The van der Waals surface area contributed by atoms with Crippen LogP contribution in [0.2, 0.25) is 0 Å². The van der Waals surface area contributed by atoms with E-state index in [0.29, 0.717) is 6.61 Å². The number of benzene rings is 1. The summed E-state index contributed by atoms with van der Waals surface area (Å²) in [7, 11) is 0. The van der Waals surface area contributed by atoms with Crippen molar-refractivity contribution in [3.8, 4) is 11.5 Å². The van der Waals surface area contributed by atoms with E-state index in [1.165, 1.54) is 0 Å². The molecule has 4 nitrogen and oxygen atoms in total. The fourth-order valence-corrected chi connectivity index (χ4v) is 2.52. The van der Waals surface area contributed by atoms with Crippen LogP contribution in [-0.2, 0) is 12.8 Å². The standard InChI is InChI=1S/C17H20N2O2/c1-3-13-10-14(19-12(2)18-13)8-9-15-11-20-16-6-4-5-7-17(16)21-15/h4-7,10,15H,3,8-9,11H2,1-2H3/t15-/m1/s1. The molecule has 21 heavy (non-hydrogen) atoms. The second kappa shape index (κ2) is 6.12. The van der Waals surface area contributed by atoms with E-state index < -0.39 is 0 Å². The van der Waals surface area contributed by atoms with Gasteiger partial charge in [0.15, 0.2) is 11.5 Å². The smallest absolute Gasteiger partial charge is 0.161 e. The molecule has 1 atom stereocenters. The molecule has 0 aliphatic carbocycles. The first-order valence-corrected chi connectivity index (χ1v) is 7.46. The van der Waals surface area contributed by atoms with Gasteiger partial charge in [0.25, 0.3) is 0 Å². The summed E-state index contributed by atoms with van der Waals surface area (Å²) in [6.45, 7) is 4.65. The number of ether oxygens (including phenoxy) is 2. The van der Waals surface area contributed by atoms with Crippen LogP contribution in [0.4, 0.5) is 0 Å². The zero-order valence-electron chi connectivity index (χ0n) is 12.5. The number of para-hydroxylation sites is 2. The van der Waals surface area contributed by atoms with Crippen LogP contribution in [0.3, 0.4) is 0 Å². The van der Waals surface area contributed by atoms with E-state index in [9.17, 15) is 0 Å². The normalized spacial score (nSPS) is 16.8. The first-order chi connectivity index (χ1) is 10.2. The summed E-state index contributed by atoms with van der Waals surface area (Å²) in [4.78, 5) is 8.91. The molecular formula is C17H20N2O2. The summed E-state index contributed by atoms with van der Waals surface area (Å²) in [6, 6.07) is 9.90. The molecule has 0 bridgehead atoms. The number of aromatic nitrogens is 2. The molecule has 1 aliphatic rings. The SMILES string of the molecule is CCc1cc(CC[C@@H]2COc3ccccc3O2)nc(C)n1. The van der Waals surface area contributed by atoms with Crippen molar-refractivity contribution in [1.82, 2.24) is 9.97 Å². The third-order valence-corrected chi connectivity index (χ3v) is 3.60. The average molecular weight is 284 g/mol. The summed E-state index contributed by atoms with van der Waals surface area (Å²) in [5.41, 5.74) is 2.19. The van der Waals surface area contributed by atoms with Crippen LogP contribution >= 0.6 is 0 Å². The molecule has 4 heteroatoms. The summed E-state index contributed by atoms with van der Waals surface area (Å²) in [6.07, 6.45) is 2.80. The van der Waals surface area contributed by atoms with Crippen molar-refractivity contribution in [2.75, 3.05) is 6.61 Å². The van der Waals surface area contributed by atoms with Gasteiger partial charge < -0.3 is 9.47 Å². The zero-order valence-corrected chi connectivity index (χ0v) is 12.5. The summed E-state index contributed by atoms with van der Waals surface area (Å²) >= 11 is 0. The number of nitrogens with zero attached hydrogens (tertiary/aromatic N) is 2. The maximum absolute atomic E-state index is 5.97. The van der Waals surface area contributed by atoms with E-state index in [1.54, 1.807) is 0 Å². The lowest BCUT2D eigenvalue weighted by atomic mass is 10.1. The van der Waals surface area contributed by atoms with Crippen molar-refractivity contribution in [1.29, 1.82) is 0 Å². The topological polar surface area (TPSA) is 44.2 Å². The molecule has 2 heterocycles. The van der Waals surface area contributed by atoms with Crippen LogP contribution in [0.5, 0.6) is 11.5 Å². The number of rotatable bonds is 4. The van der Waals surface area contributed by atoms with Crippen molar-refractivity contribution in [2.24, 2.45) is 0 Å². The summed E-state index contributed by atoms with van der Waals surface area (Å²) in [5.74, 6) is 2.51. The number of aryl methyl sites for hydroxylation is 3. The molecule has 0 radical (unpaired) electrons. The van der Waals surface area contributed by atoms with Crippen molar-refractivity contribution >= 4 is 0 Å². The minimum absolute atomic E-state index is 0.0836. The van der Waals surface area contributed by atoms with Crippen molar-refractivity contribution in [3.63, 3.8) is 0 Å². The Morgan fingerprint density at radius 3 is 2.71 bits per heavy atom. The number of hydrogen-bond acceptors (Lipinski definition) is 4. The highest BCUT2D eigenvalue weighted by molar-refractivity contribution is 5.40. The highest BCUT2D eigenvalue weighted by atomic mass is 16.6. The van der Waals surface area contributed by atoms with E-state index in [2.05, 4.69) is 23.0 Å². The Balaban J connectivity index is 1.63. The predicted molar refractivity (Wildman–Crippen MR) is 80.8 cm³/mol. The lowest BCUT2D eigenvalue weighted by molar-refractivity contribution is 0.0849. The van der Waals surface area contributed by atoms with Crippen molar-refractivity contribution in [3.05, 3.63) is 47.5 Å². The quantitative estimate of drug-likeness (QED) is 0.865. The lowest BCUT2D eigenvalue weighted by Crippen LogP contribution is -2.29. The third-order valence-electron chi connectivity index (χ3n) is 3.60. The molecule has 0 saturated carbocycles. The van der Waals surface area contributed by atoms with Gasteiger partial charge in [-0.2, -0.15) is 0 Å². The van der Waals surface area contributed by atoms with E-state index in [-0.39, 0.29) is 6.10 Å². The summed E-state index contributed by atoms with van der Waals surface area (Å²) < 4.78 is 11.7. The van der Waals surface area contributed by atoms with Crippen LogP contribution in [0.1, 0.15) is 30.6 Å². The van der Waals surface area contributed by atoms with Crippen LogP contribution in [0.25, 0.3) is 0 Å². The minimum Gasteiger partial charge on any atom is -0.486 e. The van der Waals surface area contributed by atoms with Gasteiger partial charge in [-0.25, -0.2) is 9.97 Å². The largest absolute Gasteiger partial charge is 0.486 e. The molecule has 3 rings (SSSR count). The zero-order chi connectivity index (χ0) is 14.7. The van der Waals surface area contributed by atoms with Crippen molar-refractivity contribution < 1.29 is 9.47 Å². The molecule has 0 spiro atoms. The first kappa shape index (κ1) is 13.9. The van der Waals surface area contributed by atoms with Gasteiger partial charge in [0.2, 0.25) is 0 Å². The lowest BCUT2D eigenvalue weighted by Gasteiger charge is -2.26. The van der Waals surface area contributed by atoms with Gasteiger partial charge in [0.1, 0.15) is 18.5 Å². The monoisotopic (exact) mass is 284 g/mol. The van der Waals surface area contributed by atoms with Gasteiger partial charge in [0.05, 0.1) is 0 Å². The Morgan fingerprint density at radius 1 is 1.14 bits per heavy atom. The van der Waals surface area contributed by atoms with Crippen LogP contribution in [-0.4, -0.2) is 22.7 Å². The minimum atomic E-state index is 0.0836. The molecule has 0 saturated heterocycles. The fourth-order valence-electron chi connectivity index (χ4n) is 2.52. The number of fused-ring (bicyclic) bond motifs is 1. The Labute approximate surface area is 125 Å². The molecule has 1 aromatic carbocycles. The Hall–Kier alpha value is -2.10. The Morgan fingerprint density at radius 2 is 1.90 bits per heavy atom. The molecular weight excluding hydrogens is 264 g/mol. The highest BCUT2D eigenvalue weighted by Crippen LogP contribution is 2.31. The highest BCUT2D eigenvalue weighted by Gasteiger charge is 2.20. The molecule has 1 aromatic heterocycles.